The van der Waals surface area contributed by atoms with Crippen molar-refractivity contribution >= 4 is 5.97 Å². The van der Waals surface area contributed by atoms with Crippen LogP contribution in [0.1, 0.15) is 20.3 Å². The highest BCUT2D eigenvalue weighted by Crippen LogP contribution is 2.14. The number of hydrogen-bond acceptors (Lipinski definition) is 3. The Morgan fingerprint density at radius 1 is 1.60 bits per heavy atom. The van der Waals surface area contributed by atoms with Crippen molar-refractivity contribution in [2.75, 3.05) is 13.1 Å². The quantitative estimate of drug-likeness (QED) is 0.715. The van der Waals surface area contributed by atoms with Crippen LogP contribution in [-0.2, 0) is 4.79 Å². The Labute approximate surface area is 90.3 Å². The summed E-state index contributed by atoms with van der Waals surface area (Å²) >= 11 is 0. The number of likely N-dealkylation sites (N-methyl/N-ethyl adjacent to an activating group) is 1. The molecule has 0 saturated carbocycles. The van der Waals surface area contributed by atoms with Gasteiger partial charge in [-0.15, -0.1) is 0 Å². The zero-order chi connectivity index (χ0) is 11.3. The molecule has 1 aliphatic heterocycles. The smallest absolute Gasteiger partial charge is 0.335 e. The third-order valence-electron chi connectivity index (χ3n) is 2.38. The van der Waals surface area contributed by atoms with Crippen molar-refractivity contribution in [1.82, 2.24) is 10.2 Å². The van der Waals surface area contributed by atoms with Crippen molar-refractivity contribution in [1.29, 1.82) is 0 Å². The van der Waals surface area contributed by atoms with E-state index < -0.39 is 5.97 Å². The molecular formula is C11H18N2O2. The van der Waals surface area contributed by atoms with Gasteiger partial charge in [0, 0.05) is 12.7 Å². The van der Waals surface area contributed by atoms with Crippen LogP contribution in [0, 0.1) is 0 Å². The van der Waals surface area contributed by atoms with Crippen molar-refractivity contribution in [3.8, 4) is 0 Å². The Morgan fingerprint density at radius 3 is 2.87 bits per heavy atom. The van der Waals surface area contributed by atoms with Gasteiger partial charge >= 0.3 is 5.97 Å². The summed E-state index contributed by atoms with van der Waals surface area (Å²) in [5, 5.41) is 12.3. The lowest BCUT2D eigenvalue weighted by Gasteiger charge is -2.32. The third-order valence-corrected chi connectivity index (χ3v) is 2.38. The zero-order valence-electron chi connectivity index (χ0n) is 9.23. The van der Waals surface area contributed by atoms with Gasteiger partial charge in [0.15, 0.2) is 0 Å². The van der Waals surface area contributed by atoms with Crippen molar-refractivity contribution in [2.45, 2.75) is 26.4 Å². The van der Waals surface area contributed by atoms with Crippen LogP contribution in [0.3, 0.4) is 0 Å². The summed E-state index contributed by atoms with van der Waals surface area (Å²) in [4.78, 5) is 13.0. The van der Waals surface area contributed by atoms with E-state index in [4.69, 9.17) is 5.11 Å². The summed E-state index contributed by atoms with van der Waals surface area (Å²) in [6, 6.07) is 0. The summed E-state index contributed by atoms with van der Waals surface area (Å²) in [6.45, 7) is 5.68. The van der Waals surface area contributed by atoms with Gasteiger partial charge in [0.2, 0.25) is 0 Å². The molecule has 0 fully saturated rings. The van der Waals surface area contributed by atoms with Gasteiger partial charge in [0.1, 0.15) is 6.17 Å². The Bertz CT molecular complexity index is 284. The molecule has 2 N–H and O–H groups in total. The molecule has 0 aromatic rings. The Morgan fingerprint density at radius 2 is 2.33 bits per heavy atom. The first-order valence-electron chi connectivity index (χ1n) is 5.31. The summed E-state index contributed by atoms with van der Waals surface area (Å²) in [6.07, 6.45) is 6.14. The number of aliphatic carboxylic acids is 1. The Hall–Kier alpha value is -1.29. The molecule has 84 valence electrons. The number of carbonyl (C=O) groups is 1. The van der Waals surface area contributed by atoms with Gasteiger partial charge in [-0.3, -0.25) is 5.32 Å². The Balaban J connectivity index is 2.77. The van der Waals surface area contributed by atoms with E-state index in [0.717, 1.165) is 19.5 Å². The molecule has 0 amide bonds. The van der Waals surface area contributed by atoms with E-state index in [1.54, 1.807) is 12.2 Å². The molecule has 1 atom stereocenters. The first kappa shape index (κ1) is 11.8. The van der Waals surface area contributed by atoms with Gasteiger partial charge in [-0.25, -0.2) is 4.79 Å². The fraction of sp³-hybridized carbons (Fsp3) is 0.545. The van der Waals surface area contributed by atoms with Crippen molar-refractivity contribution in [3.63, 3.8) is 0 Å². The molecule has 1 rings (SSSR count). The van der Waals surface area contributed by atoms with Gasteiger partial charge in [0.25, 0.3) is 0 Å². The number of rotatable bonds is 5. The first-order valence-corrected chi connectivity index (χ1v) is 5.31. The highest BCUT2D eigenvalue weighted by Gasteiger charge is 2.24. The summed E-state index contributed by atoms with van der Waals surface area (Å²) in [7, 11) is 0. The molecule has 0 aromatic carbocycles. The number of allylic oxidation sites excluding steroid dienone is 2. The topological polar surface area (TPSA) is 52.6 Å². The van der Waals surface area contributed by atoms with Gasteiger partial charge in [0.05, 0.1) is 5.57 Å². The standard InChI is InChI=1S/C11H18N2O2/c1-3-7-12-10-9(11(14)15)6-5-8-13(10)4-2/h5-6,8,10,12H,3-4,7H2,1-2H3,(H,14,15). The second-order valence-corrected chi connectivity index (χ2v) is 3.46. The fourth-order valence-corrected chi connectivity index (χ4v) is 1.60. The number of hydrogen-bond donors (Lipinski definition) is 2. The highest BCUT2D eigenvalue weighted by atomic mass is 16.4. The van der Waals surface area contributed by atoms with E-state index in [-0.39, 0.29) is 6.17 Å². The van der Waals surface area contributed by atoms with Crippen LogP contribution in [-0.4, -0.2) is 35.2 Å². The van der Waals surface area contributed by atoms with E-state index in [1.165, 1.54) is 0 Å². The van der Waals surface area contributed by atoms with Crippen molar-refractivity contribution in [2.24, 2.45) is 0 Å². The minimum Gasteiger partial charge on any atom is -0.478 e. The number of nitrogens with zero attached hydrogens (tertiary/aromatic N) is 1. The molecule has 0 aromatic heterocycles. The number of nitrogens with one attached hydrogen (secondary N) is 1. The average Bonchev–Trinajstić information content (AvgIpc) is 2.25. The van der Waals surface area contributed by atoms with E-state index in [9.17, 15) is 4.79 Å². The van der Waals surface area contributed by atoms with Crippen molar-refractivity contribution in [3.05, 3.63) is 23.9 Å². The minimum atomic E-state index is -0.855. The molecular weight excluding hydrogens is 192 g/mol. The van der Waals surface area contributed by atoms with Crippen LogP contribution in [0.15, 0.2) is 23.9 Å². The van der Waals surface area contributed by atoms with E-state index in [1.807, 2.05) is 18.0 Å². The number of carboxylic acids is 1. The molecule has 0 bridgehead atoms. The molecule has 0 aliphatic carbocycles. The van der Waals surface area contributed by atoms with Crippen LogP contribution in [0.4, 0.5) is 0 Å². The molecule has 0 saturated heterocycles. The highest BCUT2D eigenvalue weighted by molar-refractivity contribution is 5.88. The van der Waals surface area contributed by atoms with Crippen LogP contribution < -0.4 is 5.32 Å². The fourth-order valence-electron chi connectivity index (χ4n) is 1.60. The molecule has 0 radical (unpaired) electrons. The minimum absolute atomic E-state index is 0.197. The second-order valence-electron chi connectivity index (χ2n) is 3.46. The summed E-state index contributed by atoms with van der Waals surface area (Å²) in [5.41, 5.74) is 0.410. The van der Waals surface area contributed by atoms with Gasteiger partial charge in [-0.05, 0) is 32.0 Å². The van der Waals surface area contributed by atoms with Gasteiger partial charge in [-0.2, -0.15) is 0 Å². The summed E-state index contributed by atoms with van der Waals surface area (Å²) in [5.74, 6) is -0.855. The van der Waals surface area contributed by atoms with Crippen LogP contribution >= 0.6 is 0 Å². The maximum atomic E-state index is 11.0. The lowest BCUT2D eigenvalue weighted by Crippen LogP contribution is -2.47. The average molecular weight is 210 g/mol. The molecule has 4 heteroatoms. The zero-order valence-corrected chi connectivity index (χ0v) is 9.23. The summed E-state index contributed by atoms with van der Waals surface area (Å²) < 4.78 is 0. The third kappa shape index (κ3) is 2.83. The van der Waals surface area contributed by atoms with E-state index in [2.05, 4.69) is 12.2 Å². The first-order chi connectivity index (χ1) is 7.20. The van der Waals surface area contributed by atoms with Crippen LogP contribution in [0.5, 0.6) is 0 Å². The van der Waals surface area contributed by atoms with Crippen LogP contribution in [0.25, 0.3) is 0 Å². The Kier molecular flexibility index (Phi) is 4.37. The lowest BCUT2D eigenvalue weighted by atomic mass is 10.1. The maximum Gasteiger partial charge on any atom is 0.335 e. The molecule has 1 aliphatic rings. The molecule has 1 unspecified atom stereocenters. The monoisotopic (exact) mass is 210 g/mol. The molecule has 15 heavy (non-hydrogen) atoms. The lowest BCUT2D eigenvalue weighted by molar-refractivity contribution is -0.133. The predicted octanol–water partition coefficient (Wildman–Crippen LogP) is 1.17. The SMILES string of the molecule is CCCNC1C(C(=O)O)=CC=CN1CC. The van der Waals surface area contributed by atoms with E-state index in [0.29, 0.717) is 5.57 Å². The largest absolute Gasteiger partial charge is 0.478 e. The van der Waals surface area contributed by atoms with E-state index >= 15 is 0 Å². The van der Waals surface area contributed by atoms with Gasteiger partial charge in [-0.1, -0.05) is 6.92 Å². The maximum absolute atomic E-state index is 11.0. The van der Waals surface area contributed by atoms with Crippen molar-refractivity contribution < 1.29 is 9.90 Å². The van der Waals surface area contributed by atoms with Crippen LogP contribution in [0.2, 0.25) is 0 Å². The normalized spacial score (nSPS) is 20.3. The molecule has 1 heterocycles. The second kappa shape index (κ2) is 5.56. The predicted molar refractivity (Wildman–Crippen MR) is 59.3 cm³/mol. The number of carboxylic acid groups (broad SMARTS) is 1. The van der Waals surface area contributed by atoms with Gasteiger partial charge < -0.3 is 10.0 Å². The molecule has 0 spiro atoms. The molecule has 4 nitrogen and oxygen atoms in total.